The Morgan fingerprint density at radius 3 is 2.94 bits per heavy atom. The third-order valence-corrected chi connectivity index (χ3v) is 2.93. The Bertz CT molecular complexity index is 584. The average molecular weight is 360 g/mol. The summed E-state index contributed by atoms with van der Waals surface area (Å²) in [5.41, 5.74) is 2.71. The molecule has 0 bridgehead atoms. The minimum Gasteiger partial charge on any atom is -0.290 e. The van der Waals surface area contributed by atoms with Crippen LogP contribution in [-0.4, -0.2) is 15.7 Å². The number of benzene rings is 1. The number of amides is 1. The fraction of sp³-hybridized carbons (Fsp3) is 0.0909. The number of hydrogen-bond acceptors (Lipinski definition) is 3. The van der Waals surface area contributed by atoms with E-state index < -0.39 is 5.91 Å². The number of rotatable bonds is 3. The van der Waals surface area contributed by atoms with Crippen LogP contribution in [0.15, 0.2) is 30.6 Å². The average Bonchev–Trinajstić information content (AvgIpc) is 2.76. The van der Waals surface area contributed by atoms with E-state index in [2.05, 4.69) is 27.7 Å². The maximum atomic E-state index is 13.6. The predicted octanol–water partition coefficient (Wildman–Crippen LogP) is 1.28. The number of nitrogens with two attached hydrogens (primary N) is 1. The normalized spacial score (nSPS) is 10.4. The van der Waals surface area contributed by atoms with Gasteiger partial charge < -0.3 is 0 Å². The smallest absolute Gasteiger partial charge is 0.265 e. The zero-order valence-electron chi connectivity index (χ0n) is 9.23. The molecule has 0 saturated carbocycles. The van der Waals surface area contributed by atoms with Crippen LogP contribution in [0, 0.1) is 9.39 Å². The largest absolute Gasteiger partial charge is 0.290 e. The third-order valence-electron chi connectivity index (χ3n) is 2.37. The summed E-state index contributed by atoms with van der Waals surface area (Å²) in [6.45, 7) is 0.264. The minimum absolute atomic E-state index is 0.264. The lowest BCUT2D eigenvalue weighted by Crippen LogP contribution is -2.30. The monoisotopic (exact) mass is 360 g/mol. The Balaban J connectivity index is 2.29. The molecule has 18 heavy (non-hydrogen) atoms. The van der Waals surface area contributed by atoms with Crippen LogP contribution in [0.25, 0.3) is 0 Å². The summed E-state index contributed by atoms with van der Waals surface area (Å²) in [5.74, 6) is 4.20. The topological polar surface area (TPSA) is 72.9 Å². The second kappa shape index (κ2) is 5.44. The van der Waals surface area contributed by atoms with Gasteiger partial charge in [-0.3, -0.25) is 14.9 Å². The molecule has 0 saturated heterocycles. The zero-order chi connectivity index (χ0) is 13.1. The van der Waals surface area contributed by atoms with Crippen LogP contribution in [0.4, 0.5) is 4.39 Å². The number of aromatic nitrogens is 2. The van der Waals surface area contributed by atoms with E-state index in [-0.39, 0.29) is 12.4 Å². The van der Waals surface area contributed by atoms with Crippen LogP contribution in [0.1, 0.15) is 15.9 Å². The lowest BCUT2D eigenvalue weighted by atomic mass is 10.1. The molecule has 2 aromatic rings. The van der Waals surface area contributed by atoms with Crippen LogP contribution in [0.5, 0.6) is 0 Å². The molecular weight excluding hydrogens is 350 g/mol. The second-order valence-electron chi connectivity index (χ2n) is 3.64. The van der Waals surface area contributed by atoms with Gasteiger partial charge in [0.15, 0.2) is 0 Å². The molecule has 1 amide bonds. The van der Waals surface area contributed by atoms with Crippen molar-refractivity contribution in [3.8, 4) is 0 Å². The van der Waals surface area contributed by atoms with E-state index in [1.54, 1.807) is 17.1 Å². The van der Waals surface area contributed by atoms with Crippen molar-refractivity contribution in [1.82, 2.24) is 15.2 Å². The summed E-state index contributed by atoms with van der Waals surface area (Å²) < 4.78 is 16.2. The summed E-state index contributed by atoms with van der Waals surface area (Å²) in [7, 11) is 0. The van der Waals surface area contributed by atoms with E-state index in [0.717, 1.165) is 3.57 Å². The van der Waals surface area contributed by atoms with E-state index >= 15 is 0 Å². The highest BCUT2D eigenvalue weighted by Gasteiger charge is 2.09. The lowest BCUT2D eigenvalue weighted by Gasteiger charge is -2.06. The Kier molecular flexibility index (Phi) is 3.92. The summed E-state index contributed by atoms with van der Waals surface area (Å²) in [6, 6.07) is 4.09. The summed E-state index contributed by atoms with van der Waals surface area (Å²) in [4.78, 5) is 11.4. The van der Waals surface area contributed by atoms with Gasteiger partial charge in [0.2, 0.25) is 0 Å². The van der Waals surface area contributed by atoms with Gasteiger partial charge in [-0.1, -0.05) is 0 Å². The Morgan fingerprint density at radius 2 is 2.33 bits per heavy atom. The third kappa shape index (κ3) is 2.85. The van der Waals surface area contributed by atoms with Crippen molar-refractivity contribution in [3.63, 3.8) is 0 Å². The molecule has 0 spiro atoms. The molecule has 2 rings (SSSR count). The molecule has 0 aliphatic heterocycles. The maximum absolute atomic E-state index is 13.6. The van der Waals surface area contributed by atoms with Crippen molar-refractivity contribution in [2.24, 2.45) is 5.84 Å². The van der Waals surface area contributed by atoms with Gasteiger partial charge in [-0.15, -0.1) is 0 Å². The number of carbonyl (C=O) groups is 1. The first-order chi connectivity index (χ1) is 8.60. The molecule has 0 aliphatic carbocycles. The summed E-state index contributed by atoms with van der Waals surface area (Å²) >= 11 is 2.12. The van der Waals surface area contributed by atoms with Gasteiger partial charge >= 0.3 is 0 Å². The molecule has 1 aromatic carbocycles. The highest BCUT2D eigenvalue weighted by atomic mass is 127. The van der Waals surface area contributed by atoms with Gasteiger partial charge in [-0.2, -0.15) is 5.10 Å². The standard InChI is InChI=1S/C11H10FIN4O/c12-10-2-1-7(11(18)16-14)3-8(10)5-17-6-9(13)4-15-17/h1-4,6H,5,14H2,(H,16,18). The van der Waals surface area contributed by atoms with Crippen molar-refractivity contribution in [2.75, 3.05) is 0 Å². The highest BCUT2D eigenvalue weighted by Crippen LogP contribution is 2.13. The molecule has 0 unspecified atom stereocenters. The van der Waals surface area contributed by atoms with Gasteiger partial charge in [-0.05, 0) is 40.8 Å². The summed E-state index contributed by atoms with van der Waals surface area (Å²) in [6.07, 6.45) is 3.46. The summed E-state index contributed by atoms with van der Waals surface area (Å²) in [5, 5.41) is 4.06. The van der Waals surface area contributed by atoms with Crippen molar-refractivity contribution >= 4 is 28.5 Å². The molecule has 0 radical (unpaired) electrons. The quantitative estimate of drug-likeness (QED) is 0.375. The van der Waals surface area contributed by atoms with Gasteiger partial charge in [0.05, 0.1) is 16.3 Å². The van der Waals surface area contributed by atoms with Crippen LogP contribution < -0.4 is 11.3 Å². The molecule has 0 fully saturated rings. The van der Waals surface area contributed by atoms with E-state index in [4.69, 9.17) is 5.84 Å². The SMILES string of the molecule is NNC(=O)c1ccc(F)c(Cn2cc(I)cn2)c1. The number of carbonyl (C=O) groups excluding carboxylic acids is 1. The predicted molar refractivity (Wildman–Crippen MR) is 72.1 cm³/mol. The molecule has 0 aliphatic rings. The molecule has 94 valence electrons. The van der Waals surface area contributed by atoms with E-state index in [9.17, 15) is 9.18 Å². The van der Waals surface area contributed by atoms with Crippen molar-refractivity contribution in [1.29, 1.82) is 0 Å². The van der Waals surface area contributed by atoms with Crippen molar-refractivity contribution in [2.45, 2.75) is 6.54 Å². The molecule has 1 aromatic heterocycles. The van der Waals surface area contributed by atoms with E-state index in [1.165, 1.54) is 18.2 Å². The van der Waals surface area contributed by atoms with E-state index in [0.29, 0.717) is 11.1 Å². The van der Waals surface area contributed by atoms with E-state index in [1.807, 2.05) is 5.43 Å². The minimum atomic E-state index is -0.453. The van der Waals surface area contributed by atoms with Crippen molar-refractivity contribution in [3.05, 3.63) is 51.1 Å². The molecule has 3 N–H and O–H groups in total. The number of nitrogens with one attached hydrogen (secondary N) is 1. The van der Waals surface area contributed by atoms with Crippen LogP contribution in [0.2, 0.25) is 0 Å². The first-order valence-electron chi connectivity index (χ1n) is 5.07. The zero-order valence-corrected chi connectivity index (χ0v) is 11.4. The number of nitrogen functional groups attached to an aromatic ring is 1. The lowest BCUT2D eigenvalue weighted by molar-refractivity contribution is 0.0953. The van der Waals surface area contributed by atoms with Crippen LogP contribution >= 0.6 is 22.6 Å². The highest BCUT2D eigenvalue weighted by molar-refractivity contribution is 14.1. The fourth-order valence-corrected chi connectivity index (χ4v) is 1.97. The second-order valence-corrected chi connectivity index (χ2v) is 4.88. The van der Waals surface area contributed by atoms with Gasteiger partial charge in [-0.25, -0.2) is 10.2 Å². The number of hydrogen-bond donors (Lipinski definition) is 2. The van der Waals surface area contributed by atoms with Gasteiger partial charge in [0, 0.05) is 17.3 Å². The molecule has 7 heteroatoms. The fourth-order valence-electron chi connectivity index (χ4n) is 1.52. The van der Waals surface area contributed by atoms with Gasteiger partial charge in [0.1, 0.15) is 5.82 Å². The molecule has 0 atom stereocenters. The Hall–Kier alpha value is -1.48. The number of hydrazine groups is 1. The maximum Gasteiger partial charge on any atom is 0.265 e. The number of halogens is 2. The van der Waals surface area contributed by atoms with Crippen molar-refractivity contribution < 1.29 is 9.18 Å². The van der Waals surface area contributed by atoms with Crippen LogP contribution in [-0.2, 0) is 6.54 Å². The first kappa shape index (κ1) is 13.0. The van der Waals surface area contributed by atoms with Crippen LogP contribution in [0.3, 0.4) is 0 Å². The molecule has 1 heterocycles. The Morgan fingerprint density at radius 1 is 1.56 bits per heavy atom. The molecule has 5 nitrogen and oxygen atoms in total. The first-order valence-corrected chi connectivity index (χ1v) is 6.15. The molecular formula is C11H10FIN4O. The number of nitrogens with zero attached hydrogens (tertiary/aromatic N) is 2. The van der Waals surface area contributed by atoms with Gasteiger partial charge in [0.25, 0.3) is 5.91 Å². The Labute approximate surface area is 116 Å².